The van der Waals surface area contributed by atoms with Crippen LogP contribution in [-0.2, 0) is 32.4 Å². The quantitative estimate of drug-likeness (QED) is 0.104. The van der Waals surface area contributed by atoms with Gasteiger partial charge in [-0.2, -0.15) is 9.88 Å². The van der Waals surface area contributed by atoms with Crippen LogP contribution in [0.4, 0.5) is 20.5 Å². The van der Waals surface area contributed by atoms with Gasteiger partial charge in [-0.1, -0.05) is 0 Å². The number of rotatable bonds is 11. The first kappa shape index (κ1) is 32.3. The van der Waals surface area contributed by atoms with Crippen molar-refractivity contribution in [3.8, 4) is 0 Å². The number of imidazole rings is 2. The van der Waals surface area contributed by atoms with Crippen molar-refractivity contribution in [2.75, 3.05) is 31.0 Å². The molecule has 8 N–H and O–H groups in total. The second-order valence-electron chi connectivity index (χ2n) is 10.0. The summed E-state index contributed by atoms with van der Waals surface area (Å²) in [6, 6.07) is 0. The van der Waals surface area contributed by atoms with Gasteiger partial charge in [-0.3, -0.25) is 28.0 Å². The van der Waals surface area contributed by atoms with Crippen LogP contribution < -0.4 is 17.0 Å². The van der Waals surface area contributed by atoms with Crippen LogP contribution in [0, 0.1) is 0 Å². The lowest BCUT2D eigenvalue weighted by Gasteiger charge is -2.23. The van der Waals surface area contributed by atoms with Crippen molar-refractivity contribution in [1.82, 2.24) is 39.0 Å². The fraction of sp³-hybridized carbons (Fsp3) is 0.524. The number of aliphatic hydroxyl groups is 1. The van der Waals surface area contributed by atoms with Gasteiger partial charge in [-0.05, 0) is 4.57 Å². The fourth-order valence-electron chi connectivity index (χ4n) is 5.13. The number of hydrogen-bond donors (Lipinski definition) is 6. The number of halogens is 2. The number of phosphoric acid groups is 1. The minimum absolute atomic E-state index is 0.00115. The van der Waals surface area contributed by atoms with Gasteiger partial charge in [-0.15, -0.1) is 0 Å². The Morgan fingerprint density at radius 3 is 2.37 bits per heavy atom. The lowest BCUT2D eigenvalue weighted by molar-refractivity contribution is -0.0618. The van der Waals surface area contributed by atoms with Crippen molar-refractivity contribution in [1.29, 1.82) is 0 Å². The highest BCUT2D eigenvalue weighted by atomic mass is 31.2. The van der Waals surface area contributed by atoms with E-state index in [4.69, 9.17) is 34.7 Å². The highest BCUT2D eigenvalue weighted by molar-refractivity contribution is 7.47. The molecule has 4 unspecified atom stereocenters. The molecule has 248 valence electrons. The number of aromatic amines is 1. The summed E-state index contributed by atoms with van der Waals surface area (Å²) in [4.78, 5) is 53.7. The Morgan fingerprint density at radius 1 is 1.02 bits per heavy atom. The topological polar surface area (TPSA) is 300 Å². The van der Waals surface area contributed by atoms with Gasteiger partial charge in [0, 0.05) is 0 Å². The molecule has 21 nitrogen and oxygen atoms in total. The van der Waals surface area contributed by atoms with Crippen LogP contribution in [-0.4, -0.2) is 110 Å². The molecule has 0 amide bonds. The summed E-state index contributed by atoms with van der Waals surface area (Å²) >= 11 is 0. The average molecular weight is 693 g/mol. The first-order chi connectivity index (χ1) is 21.9. The molecular formula is C21H25F2N10O11P2+. The van der Waals surface area contributed by atoms with E-state index in [1.807, 2.05) is 0 Å². The van der Waals surface area contributed by atoms with Gasteiger partial charge >= 0.3 is 15.9 Å². The molecule has 6 heterocycles. The molecule has 2 aliphatic rings. The molecule has 25 heteroatoms. The normalized spacial score (nSPS) is 29.9. The monoisotopic (exact) mass is 693 g/mol. The first-order valence-corrected chi connectivity index (χ1v) is 16.0. The van der Waals surface area contributed by atoms with E-state index in [1.165, 1.54) is 0 Å². The number of H-pyrrole nitrogens is 1. The molecule has 46 heavy (non-hydrogen) atoms. The van der Waals surface area contributed by atoms with E-state index in [0.717, 1.165) is 28.1 Å². The smallest absolute Gasteiger partial charge is 0.394 e. The molecule has 0 spiro atoms. The average Bonchev–Trinajstić information content (AvgIpc) is 3.76. The summed E-state index contributed by atoms with van der Waals surface area (Å²) < 4.78 is 84.3. The predicted octanol–water partition coefficient (Wildman–Crippen LogP) is -0.833. The molecule has 6 rings (SSSR count). The zero-order valence-corrected chi connectivity index (χ0v) is 24.8. The van der Waals surface area contributed by atoms with Crippen LogP contribution in [0.25, 0.3) is 22.3 Å². The Balaban J connectivity index is 1.18. The van der Waals surface area contributed by atoms with Crippen LogP contribution in [0.3, 0.4) is 0 Å². The van der Waals surface area contributed by atoms with Gasteiger partial charge < -0.3 is 35.7 Å². The lowest BCUT2D eigenvalue weighted by atomic mass is 10.1. The number of ether oxygens (including phenoxy) is 3. The van der Waals surface area contributed by atoms with Gasteiger partial charge in [0.2, 0.25) is 5.95 Å². The van der Waals surface area contributed by atoms with E-state index < -0.39 is 90.2 Å². The molecule has 4 aromatic rings. The number of anilines is 2. The van der Waals surface area contributed by atoms with E-state index in [0.29, 0.717) is 0 Å². The number of nitrogens with zero attached hydrogens (tertiary/aromatic N) is 7. The largest absolute Gasteiger partial charge is 0.534 e. The Kier molecular flexibility index (Phi) is 8.80. The molecule has 0 saturated carbocycles. The number of nitrogens with two attached hydrogens (primary N) is 2. The van der Waals surface area contributed by atoms with Gasteiger partial charge in [0.1, 0.15) is 36.3 Å². The zero-order chi connectivity index (χ0) is 32.9. The third-order valence-electron chi connectivity index (χ3n) is 7.13. The van der Waals surface area contributed by atoms with Crippen LogP contribution in [0.2, 0.25) is 0 Å². The number of nitrogen functional groups attached to an aromatic ring is 2. The number of nitrogens with one attached hydrogen (secondary N) is 1. The molecule has 0 radical (unpaired) electrons. The van der Waals surface area contributed by atoms with E-state index >= 15 is 8.78 Å². The third kappa shape index (κ3) is 5.97. The number of alkyl halides is 2. The molecule has 2 aliphatic heterocycles. The zero-order valence-electron chi connectivity index (χ0n) is 23.0. The summed E-state index contributed by atoms with van der Waals surface area (Å²) in [5.74, 6) is -0.299. The minimum atomic E-state index is -5.23. The molecule has 2 fully saturated rings. The maximum atomic E-state index is 15.7. The predicted molar refractivity (Wildman–Crippen MR) is 147 cm³/mol. The number of hydrogen-bond acceptors (Lipinski definition) is 16. The SMILES string of the molecule is Nc1nc2c(ncn2[C@@H]2O[C@H](CO)C(OP(=O)(O)OC[C@H]3O[C@@H](n4cnc5c(N)ncnc54)[C@@H](F)[C@H]3OC[P+](=O)O)C2F)c(=O)[nH]1. The van der Waals surface area contributed by atoms with Gasteiger partial charge in [0.15, 0.2) is 47.4 Å². The molecule has 0 aromatic carbocycles. The van der Waals surface area contributed by atoms with Crippen LogP contribution in [0.1, 0.15) is 12.5 Å². The van der Waals surface area contributed by atoms with E-state index in [-0.39, 0.29) is 34.1 Å². The minimum Gasteiger partial charge on any atom is -0.394 e. The highest BCUT2D eigenvalue weighted by Crippen LogP contribution is 2.50. The lowest BCUT2D eigenvalue weighted by Crippen LogP contribution is -2.35. The second-order valence-corrected chi connectivity index (χ2v) is 12.4. The van der Waals surface area contributed by atoms with Crippen molar-refractivity contribution in [3.05, 3.63) is 29.3 Å². The second kappa shape index (κ2) is 12.5. The molecule has 0 aliphatic carbocycles. The van der Waals surface area contributed by atoms with Crippen molar-refractivity contribution in [3.63, 3.8) is 0 Å². The van der Waals surface area contributed by atoms with Crippen molar-refractivity contribution < 1.29 is 56.1 Å². The number of fused-ring (bicyclic) bond motifs is 2. The maximum absolute atomic E-state index is 15.7. The summed E-state index contributed by atoms with van der Waals surface area (Å²) in [6.45, 7) is -1.76. The van der Waals surface area contributed by atoms with Crippen molar-refractivity contribution in [2.24, 2.45) is 0 Å². The maximum Gasteiger partial charge on any atom is 0.534 e. The highest BCUT2D eigenvalue weighted by Gasteiger charge is 2.52. The van der Waals surface area contributed by atoms with E-state index in [2.05, 4.69) is 29.9 Å². The molecular weight excluding hydrogens is 668 g/mol. The third-order valence-corrected chi connectivity index (χ3v) is 8.49. The van der Waals surface area contributed by atoms with Crippen LogP contribution >= 0.6 is 15.9 Å². The van der Waals surface area contributed by atoms with Crippen LogP contribution in [0.5, 0.6) is 0 Å². The molecule has 4 aromatic heterocycles. The van der Waals surface area contributed by atoms with Crippen molar-refractivity contribution >= 4 is 49.9 Å². The molecule has 0 bridgehead atoms. The van der Waals surface area contributed by atoms with Crippen molar-refractivity contribution in [2.45, 2.75) is 49.2 Å². The number of aliphatic hydroxyl groups excluding tert-OH is 1. The van der Waals surface area contributed by atoms with E-state index in [1.54, 1.807) is 0 Å². The fourth-order valence-corrected chi connectivity index (χ4v) is 6.38. The number of phosphoric ester groups is 1. The number of aromatic nitrogens is 8. The van der Waals surface area contributed by atoms with E-state index in [9.17, 15) is 28.8 Å². The van der Waals surface area contributed by atoms with Gasteiger partial charge in [0.05, 0.1) is 25.9 Å². The first-order valence-electron chi connectivity index (χ1n) is 13.1. The van der Waals surface area contributed by atoms with Crippen LogP contribution in [0.15, 0.2) is 23.8 Å². The standard InChI is InChI=1S/C21H24F2N10O11P2/c22-9-13(40-6-45(36)37)8(43-19(9)32-4-28-11-15(24)26-3-27-16(11)32)2-41-46(38,39)44-14-7(1-34)42-20(10(14)23)33-5-29-12-17(33)30-21(25)31-18(12)35/h3-5,7-10,13-14,19-20,34H,1-2,6H2,(H6-,24,25,26,27,30,31,35,36,37,38,39)/p+1/t7-,8-,9+,10?,13+,14?,19-,20-/m1/s1. The van der Waals surface area contributed by atoms with Gasteiger partial charge in [-0.25, -0.2) is 33.3 Å². The molecule has 2 saturated heterocycles. The summed E-state index contributed by atoms with van der Waals surface area (Å²) in [5.41, 5.74) is 10.5. The van der Waals surface area contributed by atoms with Gasteiger partial charge in [0.25, 0.3) is 11.9 Å². The summed E-state index contributed by atoms with van der Waals surface area (Å²) in [7, 11) is -8.10. The summed E-state index contributed by atoms with van der Waals surface area (Å²) in [5, 5.41) is 9.80. The molecule has 10 atom stereocenters. The Bertz CT molecular complexity index is 1880. The summed E-state index contributed by atoms with van der Waals surface area (Å²) in [6.07, 6.45) is -11.4. The Hall–Kier alpha value is -3.63. The Morgan fingerprint density at radius 2 is 1.67 bits per heavy atom. The Labute approximate surface area is 254 Å².